The molecule has 3 heterocycles. The largest absolute Gasteiger partial charge is 0.389 e. The molecule has 2 aromatic rings. The summed E-state index contributed by atoms with van der Waals surface area (Å²) in [5.74, 6) is -1.05. The van der Waals surface area contributed by atoms with E-state index < -0.39 is 10.8 Å². The Morgan fingerprint density at radius 1 is 1.37 bits per heavy atom. The Balaban J connectivity index is 1.73. The average Bonchev–Trinajstić information content (AvgIpc) is 3.28. The van der Waals surface area contributed by atoms with E-state index in [1.54, 1.807) is 4.90 Å². The number of hydrogen-bond donors (Lipinski definition) is 1. The van der Waals surface area contributed by atoms with Crippen molar-refractivity contribution in [1.82, 2.24) is 24.5 Å². The van der Waals surface area contributed by atoms with E-state index in [2.05, 4.69) is 15.5 Å². The van der Waals surface area contributed by atoms with Crippen LogP contribution >= 0.6 is 0 Å². The lowest BCUT2D eigenvalue weighted by atomic mass is 10.2. The number of nitro groups is 1. The Morgan fingerprint density at radius 2 is 2.11 bits per heavy atom. The highest BCUT2D eigenvalue weighted by atomic mass is 16.6. The molecule has 0 radical (unpaired) electrons. The number of anilines is 1. The van der Waals surface area contributed by atoms with Gasteiger partial charge in [-0.2, -0.15) is 9.78 Å². The number of carbonyl (C=O) groups is 2. The molecule has 2 amide bonds. The van der Waals surface area contributed by atoms with Gasteiger partial charge >= 0.3 is 5.82 Å². The molecule has 1 aliphatic rings. The summed E-state index contributed by atoms with van der Waals surface area (Å²) in [5, 5.41) is 21.1. The molecule has 0 aromatic carbocycles. The predicted molar refractivity (Wildman–Crippen MR) is 92.1 cm³/mol. The number of aromatic nitrogens is 4. The second-order valence-corrected chi connectivity index (χ2v) is 5.80. The van der Waals surface area contributed by atoms with Crippen molar-refractivity contribution < 1.29 is 19.2 Å². The normalized spacial score (nSPS) is 14.2. The minimum Gasteiger partial charge on any atom is -0.378 e. The lowest BCUT2D eigenvalue weighted by Gasteiger charge is -2.27. The average molecular weight is 377 g/mol. The van der Waals surface area contributed by atoms with E-state index in [4.69, 9.17) is 4.74 Å². The van der Waals surface area contributed by atoms with Gasteiger partial charge in [0.2, 0.25) is 5.91 Å². The van der Waals surface area contributed by atoms with Crippen LogP contribution in [0.2, 0.25) is 0 Å². The van der Waals surface area contributed by atoms with Gasteiger partial charge in [0, 0.05) is 19.6 Å². The number of carbonyl (C=O) groups excluding carboxylic acids is 2. The molecule has 0 unspecified atom stereocenters. The highest BCUT2D eigenvalue weighted by molar-refractivity contribution is 6.02. The molecule has 1 N–H and O–H groups in total. The lowest BCUT2D eigenvalue weighted by molar-refractivity contribution is -0.389. The van der Waals surface area contributed by atoms with Crippen molar-refractivity contribution in [2.75, 3.05) is 31.6 Å². The molecule has 12 heteroatoms. The molecule has 1 saturated heterocycles. The minimum absolute atomic E-state index is 0.226. The van der Waals surface area contributed by atoms with Crippen LogP contribution in [0.5, 0.6) is 0 Å². The van der Waals surface area contributed by atoms with Gasteiger partial charge in [-0.1, -0.05) is 0 Å². The number of amides is 2. The summed E-state index contributed by atoms with van der Waals surface area (Å²) in [6, 6.07) is 1.20. The Morgan fingerprint density at radius 3 is 2.74 bits per heavy atom. The zero-order chi connectivity index (χ0) is 19.4. The van der Waals surface area contributed by atoms with E-state index >= 15 is 0 Å². The van der Waals surface area contributed by atoms with Crippen molar-refractivity contribution in [3.63, 3.8) is 0 Å². The number of hydrogen-bond acceptors (Lipinski definition) is 7. The van der Waals surface area contributed by atoms with Crippen LogP contribution in [0.25, 0.3) is 0 Å². The topological polar surface area (TPSA) is 137 Å². The maximum Gasteiger partial charge on any atom is 0.389 e. The molecule has 0 saturated carbocycles. The number of morpholine rings is 1. The SMILES string of the molecule is CCn1ncc(NC(=O)Cn2ccc([N+](=O)[O-])n2)c1C(=O)N1CCOCC1. The molecule has 1 fully saturated rings. The highest BCUT2D eigenvalue weighted by Gasteiger charge is 2.26. The second-order valence-electron chi connectivity index (χ2n) is 5.80. The molecule has 0 bridgehead atoms. The number of ether oxygens (including phenoxy) is 1. The van der Waals surface area contributed by atoms with Crippen LogP contribution in [0, 0.1) is 10.1 Å². The summed E-state index contributed by atoms with van der Waals surface area (Å²) in [5.41, 5.74) is 0.583. The van der Waals surface area contributed by atoms with Gasteiger partial charge in [0.05, 0.1) is 42.5 Å². The molecule has 144 valence electrons. The number of nitrogens with zero attached hydrogens (tertiary/aromatic N) is 6. The third-order valence-electron chi connectivity index (χ3n) is 4.03. The number of aryl methyl sites for hydroxylation is 1. The molecule has 27 heavy (non-hydrogen) atoms. The van der Waals surface area contributed by atoms with Gasteiger partial charge in [0.25, 0.3) is 5.91 Å². The van der Waals surface area contributed by atoms with Crippen molar-refractivity contribution in [3.05, 3.63) is 34.3 Å². The maximum atomic E-state index is 12.8. The lowest BCUT2D eigenvalue weighted by Crippen LogP contribution is -2.41. The highest BCUT2D eigenvalue weighted by Crippen LogP contribution is 2.18. The van der Waals surface area contributed by atoms with Gasteiger partial charge in [0.15, 0.2) is 0 Å². The number of nitrogens with one attached hydrogen (secondary N) is 1. The van der Waals surface area contributed by atoms with Crippen molar-refractivity contribution in [1.29, 1.82) is 0 Å². The Kier molecular flexibility index (Phi) is 5.45. The van der Waals surface area contributed by atoms with Crippen LogP contribution < -0.4 is 5.32 Å². The molecule has 0 spiro atoms. The minimum atomic E-state index is -0.640. The van der Waals surface area contributed by atoms with E-state index in [0.717, 1.165) is 4.68 Å². The standard InChI is InChI=1S/C15H19N7O5/c1-2-21-14(15(24)19-5-7-27-8-6-19)11(9-16-21)17-13(23)10-20-4-3-12(18-20)22(25)26/h3-4,9H,2,5-8,10H2,1H3,(H,17,23). The van der Waals surface area contributed by atoms with E-state index in [1.807, 2.05) is 6.92 Å². The first kappa shape index (κ1) is 18.5. The van der Waals surface area contributed by atoms with E-state index in [0.29, 0.717) is 44.2 Å². The molecule has 0 atom stereocenters. The fraction of sp³-hybridized carbons (Fsp3) is 0.467. The van der Waals surface area contributed by atoms with Crippen LogP contribution in [0.3, 0.4) is 0 Å². The van der Waals surface area contributed by atoms with Gasteiger partial charge in [-0.3, -0.25) is 14.3 Å². The van der Waals surface area contributed by atoms with Crippen LogP contribution in [-0.2, 0) is 22.6 Å². The smallest absolute Gasteiger partial charge is 0.378 e. The first-order chi connectivity index (χ1) is 13.0. The summed E-state index contributed by atoms with van der Waals surface area (Å²) >= 11 is 0. The molecule has 2 aromatic heterocycles. The van der Waals surface area contributed by atoms with Gasteiger partial charge < -0.3 is 25.1 Å². The molecule has 3 rings (SSSR count). The van der Waals surface area contributed by atoms with Crippen LogP contribution in [0.15, 0.2) is 18.5 Å². The fourth-order valence-corrected chi connectivity index (χ4v) is 2.73. The molecular weight excluding hydrogens is 358 g/mol. The quantitative estimate of drug-likeness (QED) is 0.557. The summed E-state index contributed by atoms with van der Waals surface area (Å²) in [6.45, 7) is 3.95. The first-order valence-corrected chi connectivity index (χ1v) is 8.40. The number of rotatable bonds is 6. The summed E-state index contributed by atoms with van der Waals surface area (Å²) in [4.78, 5) is 36.8. The molecule has 12 nitrogen and oxygen atoms in total. The van der Waals surface area contributed by atoms with Gasteiger partial charge in [-0.15, -0.1) is 0 Å². The monoisotopic (exact) mass is 377 g/mol. The van der Waals surface area contributed by atoms with Crippen molar-refractivity contribution in [2.24, 2.45) is 0 Å². The third-order valence-corrected chi connectivity index (χ3v) is 4.03. The summed E-state index contributed by atoms with van der Waals surface area (Å²) in [7, 11) is 0. The van der Waals surface area contributed by atoms with Gasteiger partial charge in [0.1, 0.15) is 12.2 Å². The summed E-state index contributed by atoms with van der Waals surface area (Å²) in [6.07, 6.45) is 2.76. The summed E-state index contributed by atoms with van der Waals surface area (Å²) < 4.78 is 7.93. The van der Waals surface area contributed by atoms with Crippen molar-refractivity contribution in [2.45, 2.75) is 20.0 Å². The van der Waals surface area contributed by atoms with Gasteiger partial charge in [-0.05, 0) is 11.8 Å². The van der Waals surface area contributed by atoms with Crippen LogP contribution in [-0.4, -0.2) is 67.5 Å². The Hall–Kier alpha value is -3.28. The first-order valence-electron chi connectivity index (χ1n) is 8.40. The second kappa shape index (κ2) is 7.95. The molecule has 1 aliphatic heterocycles. The van der Waals surface area contributed by atoms with E-state index in [1.165, 1.54) is 23.1 Å². The zero-order valence-corrected chi connectivity index (χ0v) is 14.7. The Labute approximate surface area is 153 Å². The maximum absolute atomic E-state index is 12.8. The van der Waals surface area contributed by atoms with E-state index in [-0.39, 0.29) is 18.3 Å². The predicted octanol–water partition coefficient (Wildman–Crippen LogP) is 0.119. The third kappa shape index (κ3) is 4.11. The zero-order valence-electron chi connectivity index (χ0n) is 14.7. The van der Waals surface area contributed by atoms with Crippen molar-refractivity contribution in [3.8, 4) is 0 Å². The van der Waals surface area contributed by atoms with Gasteiger partial charge in [-0.25, -0.2) is 0 Å². The van der Waals surface area contributed by atoms with Crippen molar-refractivity contribution >= 4 is 23.3 Å². The molecular formula is C15H19N7O5. The fourth-order valence-electron chi connectivity index (χ4n) is 2.73. The molecule has 0 aliphatic carbocycles. The van der Waals surface area contributed by atoms with Crippen LogP contribution in [0.1, 0.15) is 17.4 Å². The Bertz CT molecular complexity index is 853. The van der Waals surface area contributed by atoms with E-state index in [9.17, 15) is 19.7 Å². The van der Waals surface area contributed by atoms with Crippen LogP contribution in [0.4, 0.5) is 11.5 Å².